The number of carbonyl (C=O) groups is 1. The maximum absolute atomic E-state index is 11.2. The smallest absolute Gasteiger partial charge is 0.323 e. The zero-order valence-corrected chi connectivity index (χ0v) is 8.06. The molecule has 0 saturated heterocycles. The van der Waals surface area contributed by atoms with E-state index in [4.69, 9.17) is 5.11 Å². The van der Waals surface area contributed by atoms with Crippen molar-refractivity contribution in [3.63, 3.8) is 0 Å². The summed E-state index contributed by atoms with van der Waals surface area (Å²) in [6.07, 6.45) is 2.60. The van der Waals surface area contributed by atoms with Gasteiger partial charge in [-0.2, -0.15) is 0 Å². The maximum Gasteiger partial charge on any atom is 0.323 e. The highest BCUT2D eigenvalue weighted by Gasteiger charge is 2.03. The fourth-order valence-electron chi connectivity index (χ4n) is 0.682. The fraction of sp³-hybridized carbons (Fsp3) is 0.167. The predicted octanol–water partition coefficient (Wildman–Crippen LogP) is -0.0675. The SMILES string of the molecule is O=C(O)Cn1cncc(I)c1=O. The van der Waals surface area contributed by atoms with Crippen LogP contribution in [0.2, 0.25) is 0 Å². The Morgan fingerprint density at radius 3 is 3.00 bits per heavy atom. The highest BCUT2D eigenvalue weighted by molar-refractivity contribution is 14.1. The lowest BCUT2D eigenvalue weighted by molar-refractivity contribution is -0.137. The minimum atomic E-state index is -1.05. The Balaban J connectivity index is 3.09. The number of hydrogen-bond donors (Lipinski definition) is 1. The van der Waals surface area contributed by atoms with Gasteiger partial charge in [0.25, 0.3) is 5.56 Å². The second kappa shape index (κ2) is 3.65. The molecule has 1 heterocycles. The highest BCUT2D eigenvalue weighted by atomic mass is 127. The minimum Gasteiger partial charge on any atom is -0.480 e. The van der Waals surface area contributed by atoms with Crippen molar-refractivity contribution in [2.24, 2.45) is 0 Å². The van der Waals surface area contributed by atoms with E-state index < -0.39 is 5.97 Å². The number of carboxylic acids is 1. The summed E-state index contributed by atoms with van der Waals surface area (Å²) >= 11 is 1.81. The second-order valence-electron chi connectivity index (χ2n) is 2.07. The van der Waals surface area contributed by atoms with Crippen molar-refractivity contribution < 1.29 is 9.90 Å². The first-order chi connectivity index (χ1) is 5.61. The molecule has 0 radical (unpaired) electrons. The molecule has 0 unspecified atom stereocenters. The van der Waals surface area contributed by atoms with Crippen molar-refractivity contribution in [2.75, 3.05) is 0 Å². The van der Waals surface area contributed by atoms with Gasteiger partial charge in [-0.25, -0.2) is 4.98 Å². The van der Waals surface area contributed by atoms with Crippen LogP contribution in [0.5, 0.6) is 0 Å². The second-order valence-corrected chi connectivity index (χ2v) is 3.23. The lowest BCUT2D eigenvalue weighted by Crippen LogP contribution is -2.25. The first-order valence-corrected chi connectivity index (χ1v) is 4.11. The van der Waals surface area contributed by atoms with Crippen molar-refractivity contribution in [3.8, 4) is 0 Å². The van der Waals surface area contributed by atoms with Crippen molar-refractivity contribution in [2.45, 2.75) is 6.54 Å². The molecular formula is C6H5IN2O3. The zero-order chi connectivity index (χ0) is 9.14. The van der Waals surface area contributed by atoms with Gasteiger partial charge in [-0.05, 0) is 22.6 Å². The van der Waals surface area contributed by atoms with Gasteiger partial charge in [0.1, 0.15) is 6.54 Å². The van der Waals surface area contributed by atoms with Crippen LogP contribution in [0.15, 0.2) is 17.3 Å². The molecule has 0 amide bonds. The normalized spacial score (nSPS) is 9.75. The number of carboxylic acid groups (broad SMARTS) is 1. The summed E-state index contributed by atoms with van der Waals surface area (Å²) in [5.74, 6) is -1.05. The molecule has 12 heavy (non-hydrogen) atoms. The van der Waals surface area contributed by atoms with E-state index in [0.717, 1.165) is 4.57 Å². The Hall–Kier alpha value is -0.920. The summed E-state index contributed by atoms with van der Waals surface area (Å²) in [5, 5.41) is 8.39. The Bertz CT molecular complexity index is 360. The Morgan fingerprint density at radius 1 is 1.75 bits per heavy atom. The van der Waals surface area contributed by atoms with Gasteiger partial charge in [0.2, 0.25) is 0 Å². The van der Waals surface area contributed by atoms with E-state index in [0.29, 0.717) is 3.57 Å². The lowest BCUT2D eigenvalue weighted by Gasteiger charge is -1.99. The van der Waals surface area contributed by atoms with Gasteiger partial charge in [0.15, 0.2) is 0 Å². The van der Waals surface area contributed by atoms with Gasteiger partial charge in [-0.3, -0.25) is 14.2 Å². The highest BCUT2D eigenvalue weighted by Crippen LogP contribution is 1.92. The third kappa shape index (κ3) is 2.03. The Labute approximate surface area is 81.2 Å². The third-order valence-electron chi connectivity index (χ3n) is 1.16. The van der Waals surface area contributed by atoms with Crippen LogP contribution >= 0.6 is 22.6 Å². The van der Waals surface area contributed by atoms with E-state index in [2.05, 4.69) is 4.98 Å². The molecule has 1 rings (SSSR count). The molecule has 0 atom stereocenters. The van der Waals surface area contributed by atoms with E-state index in [1.54, 1.807) is 0 Å². The molecule has 0 fully saturated rings. The Kier molecular flexibility index (Phi) is 2.79. The summed E-state index contributed by atoms with van der Waals surface area (Å²) in [4.78, 5) is 25.1. The van der Waals surface area contributed by atoms with E-state index in [9.17, 15) is 9.59 Å². The molecule has 0 saturated carbocycles. The molecule has 1 aromatic rings. The number of nitrogens with zero attached hydrogens (tertiary/aromatic N) is 2. The van der Waals surface area contributed by atoms with Crippen LogP contribution in [-0.2, 0) is 11.3 Å². The number of aliphatic carboxylic acids is 1. The molecule has 64 valence electrons. The molecule has 0 bridgehead atoms. The van der Waals surface area contributed by atoms with Crippen LogP contribution in [0.25, 0.3) is 0 Å². The molecule has 0 aliphatic heterocycles. The van der Waals surface area contributed by atoms with Gasteiger partial charge in [-0.1, -0.05) is 0 Å². The predicted molar refractivity (Wildman–Crippen MR) is 48.8 cm³/mol. The van der Waals surface area contributed by atoms with Gasteiger partial charge >= 0.3 is 5.97 Å². The van der Waals surface area contributed by atoms with Crippen LogP contribution in [0, 0.1) is 3.57 Å². The molecule has 5 nitrogen and oxygen atoms in total. The summed E-state index contributed by atoms with van der Waals surface area (Å²) in [5.41, 5.74) is -0.326. The summed E-state index contributed by atoms with van der Waals surface area (Å²) in [7, 11) is 0. The number of hydrogen-bond acceptors (Lipinski definition) is 3. The molecule has 1 aromatic heterocycles. The number of halogens is 1. The monoisotopic (exact) mass is 280 g/mol. The quantitative estimate of drug-likeness (QED) is 0.770. The molecule has 1 N–H and O–H groups in total. The van der Waals surface area contributed by atoms with Gasteiger partial charge in [0.05, 0.1) is 9.90 Å². The first kappa shape index (κ1) is 9.17. The summed E-state index contributed by atoms with van der Waals surface area (Å²) < 4.78 is 1.46. The van der Waals surface area contributed by atoms with Crippen molar-refractivity contribution in [1.82, 2.24) is 9.55 Å². The van der Waals surface area contributed by atoms with Gasteiger partial charge in [-0.15, -0.1) is 0 Å². The molecule has 0 aliphatic rings. The van der Waals surface area contributed by atoms with Gasteiger partial charge in [0, 0.05) is 6.20 Å². The largest absolute Gasteiger partial charge is 0.480 e. The standard InChI is InChI=1S/C6H5IN2O3/c7-4-1-8-3-9(6(4)12)2-5(10)11/h1,3H,2H2,(H,10,11). The van der Waals surface area contributed by atoms with Gasteiger partial charge < -0.3 is 5.11 Å². The number of rotatable bonds is 2. The summed E-state index contributed by atoms with van der Waals surface area (Å²) in [6, 6.07) is 0. The fourth-order valence-corrected chi connectivity index (χ4v) is 1.15. The molecule has 0 aliphatic carbocycles. The first-order valence-electron chi connectivity index (χ1n) is 3.03. The third-order valence-corrected chi connectivity index (χ3v) is 1.90. The summed E-state index contributed by atoms with van der Waals surface area (Å²) in [6.45, 7) is -0.345. The van der Waals surface area contributed by atoms with Crippen LogP contribution in [0.3, 0.4) is 0 Å². The lowest BCUT2D eigenvalue weighted by atomic mass is 10.6. The average Bonchev–Trinajstić information content (AvgIpc) is 1.98. The van der Waals surface area contributed by atoms with E-state index in [1.807, 2.05) is 22.6 Å². The van der Waals surface area contributed by atoms with E-state index in [-0.39, 0.29) is 12.1 Å². The van der Waals surface area contributed by atoms with Crippen LogP contribution in [0.1, 0.15) is 0 Å². The molecule has 0 spiro atoms. The minimum absolute atomic E-state index is 0.326. The maximum atomic E-state index is 11.2. The zero-order valence-electron chi connectivity index (χ0n) is 5.90. The molecule has 0 aromatic carbocycles. The molecule has 6 heteroatoms. The van der Waals surface area contributed by atoms with Crippen LogP contribution in [0.4, 0.5) is 0 Å². The molecular weight excluding hydrogens is 275 g/mol. The van der Waals surface area contributed by atoms with Crippen molar-refractivity contribution in [1.29, 1.82) is 0 Å². The van der Waals surface area contributed by atoms with Crippen molar-refractivity contribution >= 4 is 28.6 Å². The Morgan fingerprint density at radius 2 is 2.42 bits per heavy atom. The van der Waals surface area contributed by atoms with Crippen LogP contribution < -0.4 is 5.56 Å². The van der Waals surface area contributed by atoms with E-state index in [1.165, 1.54) is 12.5 Å². The van der Waals surface area contributed by atoms with Crippen LogP contribution in [-0.4, -0.2) is 20.6 Å². The average molecular weight is 280 g/mol. The topological polar surface area (TPSA) is 72.2 Å². The van der Waals surface area contributed by atoms with E-state index >= 15 is 0 Å². The number of aromatic nitrogens is 2. The van der Waals surface area contributed by atoms with Crippen molar-refractivity contribution in [3.05, 3.63) is 26.4 Å².